The van der Waals surface area contributed by atoms with Crippen LogP contribution in [-0.2, 0) is 0 Å². The molecule has 0 aliphatic carbocycles. The van der Waals surface area contributed by atoms with Crippen LogP contribution < -0.4 is 11.1 Å². The number of carbonyl (C=O) groups excluding carboxylic acids is 1. The molecule has 0 heterocycles. The van der Waals surface area contributed by atoms with E-state index in [1.54, 1.807) is 0 Å². The number of carbonyl (C=O) groups is 1. The largest absolute Gasteiger partial charge is 0.398 e. The Hall–Kier alpha value is -1.74. The number of halogens is 2. The Balaban J connectivity index is 2.57. The van der Waals surface area contributed by atoms with E-state index in [1.807, 2.05) is 0 Å². The van der Waals surface area contributed by atoms with E-state index >= 15 is 0 Å². The summed E-state index contributed by atoms with van der Waals surface area (Å²) in [6.07, 6.45) is 5.06. The van der Waals surface area contributed by atoms with Crippen LogP contribution in [0, 0.1) is 24.0 Å². The molecule has 3 nitrogen and oxygen atoms in total. The van der Waals surface area contributed by atoms with Crippen LogP contribution in [0.25, 0.3) is 0 Å². The Morgan fingerprint density at radius 2 is 2.11 bits per heavy atom. The minimum atomic E-state index is -1.10. The zero-order valence-corrected chi connectivity index (χ0v) is 10.3. The number of terminal acetylenes is 1. The summed E-state index contributed by atoms with van der Waals surface area (Å²) in [6, 6.07) is 1.58. The second-order valence-corrected chi connectivity index (χ2v) is 4.47. The average Bonchev–Trinajstić information content (AvgIpc) is 2.33. The van der Waals surface area contributed by atoms with Crippen LogP contribution in [0.4, 0.5) is 14.5 Å². The number of benzene rings is 1. The number of rotatable bonds is 5. The molecule has 1 rings (SSSR count). The van der Waals surface area contributed by atoms with Crippen molar-refractivity contribution in [3.63, 3.8) is 0 Å². The first kappa shape index (κ1) is 14.3. The molecule has 18 heavy (non-hydrogen) atoms. The predicted molar refractivity (Wildman–Crippen MR) is 69.3 cm³/mol. The molecule has 1 amide bonds. The lowest BCUT2D eigenvalue weighted by atomic mass is 10.1. The number of nitrogens with one attached hydrogen (secondary N) is 1. The Labute approximate surface area is 108 Å². The van der Waals surface area contributed by atoms with Gasteiger partial charge in [-0.2, -0.15) is 0 Å². The summed E-state index contributed by atoms with van der Waals surface area (Å²) >= 11 is 1.48. The van der Waals surface area contributed by atoms with Gasteiger partial charge < -0.3 is 11.1 Å². The molecule has 0 saturated heterocycles. The number of anilines is 1. The van der Waals surface area contributed by atoms with Gasteiger partial charge in [-0.1, -0.05) is 5.92 Å². The summed E-state index contributed by atoms with van der Waals surface area (Å²) < 4.78 is 25.8. The molecular formula is C12H12F2N2OS. The third kappa shape index (κ3) is 3.93. The number of nitrogens with two attached hydrogens (primary N) is 1. The normalized spacial score (nSPS) is 9.83. The third-order valence-electron chi connectivity index (χ3n) is 2.05. The van der Waals surface area contributed by atoms with Crippen molar-refractivity contribution in [3.05, 3.63) is 29.3 Å². The van der Waals surface area contributed by atoms with Gasteiger partial charge in [0.1, 0.15) is 0 Å². The van der Waals surface area contributed by atoms with Crippen molar-refractivity contribution >= 4 is 23.4 Å². The number of hydrogen-bond donors (Lipinski definition) is 2. The second-order valence-electron chi connectivity index (χ2n) is 3.37. The van der Waals surface area contributed by atoms with Crippen LogP contribution in [0.15, 0.2) is 12.1 Å². The molecule has 6 heteroatoms. The molecule has 0 aliphatic rings. The van der Waals surface area contributed by atoms with Gasteiger partial charge >= 0.3 is 0 Å². The summed E-state index contributed by atoms with van der Waals surface area (Å²) in [6.45, 7) is 0.379. The quantitative estimate of drug-likeness (QED) is 0.486. The van der Waals surface area contributed by atoms with Crippen LogP contribution in [0.2, 0.25) is 0 Å². The highest BCUT2D eigenvalue weighted by molar-refractivity contribution is 7.99. The maximum absolute atomic E-state index is 13.0. The topological polar surface area (TPSA) is 55.1 Å². The molecule has 0 aromatic heterocycles. The maximum atomic E-state index is 13.0. The van der Waals surface area contributed by atoms with Crippen molar-refractivity contribution in [2.75, 3.05) is 23.8 Å². The Morgan fingerprint density at radius 1 is 1.44 bits per heavy atom. The monoisotopic (exact) mass is 270 g/mol. The number of hydrogen-bond acceptors (Lipinski definition) is 3. The maximum Gasteiger partial charge on any atom is 0.253 e. The van der Waals surface area contributed by atoms with Gasteiger partial charge in [-0.3, -0.25) is 4.79 Å². The molecule has 0 radical (unpaired) electrons. The predicted octanol–water partition coefficient (Wildman–Crippen LogP) is 1.64. The fourth-order valence-corrected chi connectivity index (χ4v) is 1.73. The Bertz CT molecular complexity index is 486. The Morgan fingerprint density at radius 3 is 2.78 bits per heavy atom. The van der Waals surface area contributed by atoms with E-state index in [2.05, 4.69) is 11.2 Å². The van der Waals surface area contributed by atoms with Gasteiger partial charge in [-0.25, -0.2) is 8.78 Å². The van der Waals surface area contributed by atoms with Gasteiger partial charge in [0.15, 0.2) is 11.6 Å². The van der Waals surface area contributed by atoms with Crippen molar-refractivity contribution in [2.45, 2.75) is 0 Å². The fourth-order valence-electron chi connectivity index (χ4n) is 1.22. The summed E-state index contributed by atoms with van der Waals surface area (Å²) in [4.78, 5) is 11.6. The van der Waals surface area contributed by atoms with Gasteiger partial charge in [0.25, 0.3) is 5.91 Å². The third-order valence-corrected chi connectivity index (χ3v) is 2.92. The Kier molecular flexibility index (Phi) is 5.46. The van der Waals surface area contributed by atoms with Crippen molar-refractivity contribution in [3.8, 4) is 12.3 Å². The minimum absolute atomic E-state index is 0.0733. The van der Waals surface area contributed by atoms with Crippen LogP contribution >= 0.6 is 11.8 Å². The average molecular weight is 270 g/mol. The molecule has 96 valence electrons. The number of thioether (sulfide) groups is 1. The van der Waals surface area contributed by atoms with Crippen LogP contribution in [0.5, 0.6) is 0 Å². The molecule has 0 saturated carbocycles. The van der Waals surface area contributed by atoms with E-state index in [0.717, 1.165) is 12.1 Å². The molecule has 0 unspecified atom stereocenters. The molecule has 3 N–H and O–H groups in total. The zero-order valence-electron chi connectivity index (χ0n) is 9.50. The molecule has 0 fully saturated rings. The van der Waals surface area contributed by atoms with Crippen molar-refractivity contribution in [1.82, 2.24) is 5.32 Å². The first-order valence-electron chi connectivity index (χ1n) is 5.10. The molecule has 1 aromatic rings. The van der Waals surface area contributed by atoms with Gasteiger partial charge in [0.2, 0.25) is 0 Å². The lowest BCUT2D eigenvalue weighted by molar-refractivity contribution is 0.0956. The first-order chi connectivity index (χ1) is 8.56. The van der Waals surface area contributed by atoms with Crippen molar-refractivity contribution in [2.24, 2.45) is 0 Å². The van der Waals surface area contributed by atoms with Crippen molar-refractivity contribution in [1.29, 1.82) is 0 Å². The van der Waals surface area contributed by atoms with E-state index < -0.39 is 17.5 Å². The minimum Gasteiger partial charge on any atom is -0.398 e. The smallest absolute Gasteiger partial charge is 0.253 e. The fraction of sp³-hybridized carbons (Fsp3) is 0.250. The molecule has 1 aromatic carbocycles. The van der Waals surface area contributed by atoms with E-state index in [9.17, 15) is 13.6 Å². The number of amides is 1. The van der Waals surface area contributed by atoms with Gasteiger partial charge in [0, 0.05) is 24.1 Å². The molecule has 0 atom stereocenters. The summed E-state index contributed by atoms with van der Waals surface area (Å²) in [5, 5.41) is 2.55. The van der Waals surface area contributed by atoms with Gasteiger partial charge in [-0.15, -0.1) is 18.2 Å². The standard InChI is InChI=1S/C12H12F2N2OS/c1-2-4-18-5-3-16-12(17)8-6-9(13)10(14)7-11(8)15/h1,6-7H,3-5,15H2,(H,16,17). The van der Waals surface area contributed by atoms with Crippen molar-refractivity contribution < 1.29 is 13.6 Å². The van der Waals surface area contributed by atoms with E-state index in [4.69, 9.17) is 12.2 Å². The lowest BCUT2D eigenvalue weighted by Gasteiger charge is -2.07. The second kappa shape index (κ2) is 6.87. The summed E-state index contributed by atoms with van der Waals surface area (Å²) in [5.41, 5.74) is 5.28. The van der Waals surface area contributed by atoms with Gasteiger partial charge in [-0.05, 0) is 6.07 Å². The lowest BCUT2D eigenvalue weighted by Crippen LogP contribution is -2.26. The highest BCUT2D eigenvalue weighted by Gasteiger charge is 2.13. The molecule has 0 aliphatic heterocycles. The van der Waals surface area contributed by atoms with Gasteiger partial charge in [0.05, 0.1) is 11.3 Å². The summed E-state index contributed by atoms with van der Waals surface area (Å²) in [5.74, 6) is 0.936. The SMILES string of the molecule is C#CCSCCNC(=O)c1cc(F)c(F)cc1N. The molecule has 0 bridgehead atoms. The molecular weight excluding hydrogens is 258 g/mol. The highest BCUT2D eigenvalue weighted by atomic mass is 32.2. The zero-order chi connectivity index (χ0) is 13.5. The number of nitrogen functional groups attached to an aromatic ring is 1. The van der Waals surface area contributed by atoms with E-state index in [-0.39, 0.29) is 11.3 Å². The van der Waals surface area contributed by atoms with Crippen LogP contribution in [-0.4, -0.2) is 24.0 Å². The molecule has 0 spiro atoms. The first-order valence-corrected chi connectivity index (χ1v) is 6.25. The van der Waals surface area contributed by atoms with Crippen LogP contribution in [0.3, 0.4) is 0 Å². The van der Waals surface area contributed by atoms with E-state index in [0.29, 0.717) is 18.1 Å². The van der Waals surface area contributed by atoms with E-state index in [1.165, 1.54) is 11.8 Å². The highest BCUT2D eigenvalue weighted by Crippen LogP contribution is 2.16. The van der Waals surface area contributed by atoms with Crippen LogP contribution in [0.1, 0.15) is 10.4 Å². The summed E-state index contributed by atoms with van der Waals surface area (Å²) in [7, 11) is 0.